The van der Waals surface area contributed by atoms with Crippen molar-refractivity contribution in [2.75, 3.05) is 6.61 Å². The molecule has 0 aliphatic carbocycles. The van der Waals surface area contributed by atoms with Gasteiger partial charge in [-0.15, -0.1) is 0 Å². The number of carbonyl (C=O) groups is 2. The van der Waals surface area contributed by atoms with Crippen molar-refractivity contribution in [3.05, 3.63) is 60.7 Å². The lowest BCUT2D eigenvalue weighted by atomic mass is 10.0. The second kappa shape index (κ2) is 8.69. The van der Waals surface area contributed by atoms with Gasteiger partial charge in [-0.3, -0.25) is 9.59 Å². The maximum atomic E-state index is 11.8. The van der Waals surface area contributed by atoms with Crippen LogP contribution in [0.5, 0.6) is 0 Å². The molecular formula is C23H26O4SSi. The number of thiocarbonyl (C=S) groups is 1. The van der Waals surface area contributed by atoms with E-state index < -0.39 is 26.2 Å². The van der Waals surface area contributed by atoms with Gasteiger partial charge in [-0.05, 0) is 21.8 Å². The third-order valence-corrected chi connectivity index (χ3v) is 10.6. The molecule has 1 aliphatic heterocycles. The predicted molar refractivity (Wildman–Crippen MR) is 120 cm³/mol. The summed E-state index contributed by atoms with van der Waals surface area (Å²) < 4.78 is 11.4. The third kappa shape index (κ3) is 4.55. The third-order valence-electron chi connectivity index (χ3n) is 5.30. The highest BCUT2D eigenvalue weighted by molar-refractivity contribution is 7.80. The summed E-state index contributed by atoms with van der Waals surface area (Å²) >= 11 is 5.55. The van der Waals surface area contributed by atoms with Crippen LogP contribution in [0.15, 0.2) is 60.7 Å². The van der Waals surface area contributed by atoms with Gasteiger partial charge in [-0.25, -0.2) is 0 Å². The molecule has 2 aromatic rings. The predicted octanol–water partition coefficient (Wildman–Crippen LogP) is 3.41. The molecule has 1 heterocycles. The minimum atomic E-state index is -2.67. The number of cyclic esters (lactones) is 2. The summed E-state index contributed by atoms with van der Waals surface area (Å²) in [6, 6.07) is 20.7. The molecule has 0 bridgehead atoms. The first-order valence-corrected chi connectivity index (χ1v) is 12.1. The van der Waals surface area contributed by atoms with Crippen molar-refractivity contribution in [2.45, 2.75) is 38.7 Å². The smallest absolute Gasteiger partial charge is 0.317 e. The zero-order chi connectivity index (χ0) is 21.1. The van der Waals surface area contributed by atoms with Gasteiger partial charge in [-0.1, -0.05) is 93.7 Å². The molecule has 1 aliphatic rings. The van der Waals surface area contributed by atoms with E-state index in [1.54, 1.807) is 0 Å². The van der Waals surface area contributed by atoms with E-state index in [2.05, 4.69) is 49.8 Å². The zero-order valence-corrected chi connectivity index (χ0v) is 18.8. The molecule has 29 heavy (non-hydrogen) atoms. The first kappa shape index (κ1) is 21.6. The topological polar surface area (TPSA) is 52.6 Å². The van der Waals surface area contributed by atoms with Crippen LogP contribution in [0, 0.1) is 5.92 Å². The minimum Gasteiger partial charge on any atom is -0.403 e. The van der Waals surface area contributed by atoms with E-state index in [1.807, 2.05) is 36.4 Å². The highest BCUT2D eigenvalue weighted by Gasteiger charge is 2.50. The van der Waals surface area contributed by atoms with Gasteiger partial charge < -0.3 is 9.16 Å². The van der Waals surface area contributed by atoms with Crippen molar-refractivity contribution in [3.63, 3.8) is 0 Å². The van der Waals surface area contributed by atoms with Crippen LogP contribution >= 0.6 is 12.2 Å². The number of carbonyl (C=O) groups excluding carboxylic acids is 2. The molecule has 6 heteroatoms. The lowest BCUT2D eigenvalue weighted by Crippen LogP contribution is -2.66. The van der Waals surface area contributed by atoms with E-state index in [0.29, 0.717) is 11.3 Å². The number of hydrogen-bond acceptors (Lipinski definition) is 5. The van der Waals surface area contributed by atoms with E-state index in [1.165, 1.54) is 10.4 Å². The maximum absolute atomic E-state index is 11.8. The van der Waals surface area contributed by atoms with Crippen LogP contribution in [0.3, 0.4) is 0 Å². The Bertz CT molecular complexity index is 851. The second-order valence-corrected chi connectivity index (χ2v) is 13.3. The maximum Gasteiger partial charge on any atom is 0.317 e. The largest absolute Gasteiger partial charge is 0.403 e. The van der Waals surface area contributed by atoms with E-state index in [0.717, 1.165) is 0 Å². The Hall–Kier alpha value is -2.15. The molecule has 0 unspecified atom stereocenters. The number of ether oxygens (including phenoxy) is 1. The first-order chi connectivity index (χ1) is 13.7. The lowest BCUT2D eigenvalue weighted by molar-refractivity contribution is -0.153. The highest BCUT2D eigenvalue weighted by Crippen LogP contribution is 2.36. The standard InChI is InChI=1S/C23H26O4SSi/c1-23(2,3)29(19-10-6-4-7-11-19,20-12-8-5-9-13-20)26-16-18(28)14-17-15-21(24)27-22(17)25/h4-13,17H,14-16H2,1-3H3/t17-/m0/s1. The van der Waals surface area contributed by atoms with E-state index in [4.69, 9.17) is 16.6 Å². The molecule has 152 valence electrons. The molecule has 0 saturated carbocycles. The molecule has 0 N–H and O–H groups in total. The molecule has 1 saturated heterocycles. The fourth-order valence-corrected chi connectivity index (χ4v) is 8.87. The normalized spacial score (nSPS) is 17.3. The van der Waals surface area contributed by atoms with E-state index in [9.17, 15) is 9.59 Å². The Morgan fingerprint density at radius 3 is 1.97 bits per heavy atom. The van der Waals surface area contributed by atoms with Crippen molar-refractivity contribution in [2.24, 2.45) is 5.92 Å². The van der Waals surface area contributed by atoms with E-state index >= 15 is 0 Å². The van der Waals surface area contributed by atoms with Gasteiger partial charge in [0.15, 0.2) is 0 Å². The summed E-state index contributed by atoms with van der Waals surface area (Å²) in [5.41, 5.74) is 0. The van der Waals surface area contributed by atoms with Gasteiger partial charge in [0.25, 0.3) is 8.32 Å². The Balaban J connectivity index is 1.91. The van der Waals surface area contributed by atoms with Crippen LogP contribution in [0.4, 0.5) is 0 Å². The van der Waals surface area contributed by atoms with Crippen LogP contribution in [-0.4, -0.2) is 31.7 Å². The Labute approximate surface area is 178 Å². The van der Waals surface area contributed by atoms with E-state index in [-0.39, 0.29) is 18.1 Å². The first-order valence-electron chi connectivity index (χ1n) is 9.75. The SMILES string of the molecule is CC(C)(C)[Si](OCC(=S)C[C@H]1CC(=O)OC1=O)(c1ccccc1)c1ccccc1. The van der Waals surface area contributed by atoms with Crippen molar-refractivity contribution in [1.29, 1.82) is 0 Å². The average Bonchev–Trinajstić information content (AvgIpc) is 2.99. The summed E-state index contributed by atoms with van der Waals surface area (Å²) in [6.45, 7) is 6.88. The average molecular weight is 427 g/mol. The number of benzene rings is 2. The fourth-order valence-electron chi connectivity index (χ4n) is 3.96. The molecule has 0 aromatic heterocycles. The quantitative estimate of drug-likeness (QED) is 0.294. The Kier molecular flexibility index (Phi) is 6.46. The van der Waals surface area contributed by atoms with Gasteiger partial charge >= 0.3 is 11.9 Å². The number of rotatable bonds is 7. The summed E-state index contributed by atoms with van der Waals surface area (Å²) in [7, 11) is -2.67. The van der Waals surface area contributed by atoms with Crippen molar-refractivity contribution in [1.82, 2.24) is 0 Å². The Morgan fingerprint density at radius 1 is 1.03 bits per heavy atom. The Morgan fingerprint density at radius 2 is 1.55 bits per heavy atom. The summed E-state index contributed by atoms with van der Waals surface area (Å²) in [4.78, 5) is 23.8. The van der Waals surface area contributed by atoms with Gasteiger partial charge in [-0.2, -0.15) is 0 Å². The second-order valence-electron chi connectivity index (χ2n) is 8.39. The summed E-state index contributed by atoms with van der Waals surface area (Å²) in [5, 5.41) is 2.21. The molecule has 0 spiro atoms. The minimum absolute atomic E-state index is 0.0954. The van der Waals surface area contributed by atoms with Gasteiger partial charge in [0.1, 0.15) is 0 Å². The van der Waals surface area contributed by atoms with Gasteiger partial charge in [0, 0.05) is 4.86 Å². The molecule has 1 fully saturated rings. The zero-order valence-electron chi connectivity index (χ0n) is 17.0. The van der Waals surface area contributed by atoms with Crippen molar-refractivity contribution < 1.29 is 18.8 Å². The van der Waals surface area contributed by atoms with Crippen LogP contribution in [0.1, 0.15) is 33.6 Å². The molecule has 2 aromatic carbocycles. The van der Waals surface area contributed by atoms with Crippen LogP contribution < -0.4 is 10.4 Å². The number of esters is 2. The molecule has 1 atom stereocenters. The molecular weight excluding hydrogens is 400 g/mol. The van der Waals surface area contributed by atoms with Crippen molar-refractivity contribution >= 4 is 47.7 Å². The van der Waals surface area contributed by atoms with Gasteiger partial charge in [0.05, 0.1) is 18.9 Å². The molecule has 0 amide bonds. The van der Waals surface area contributed by atoms with Crippen molar-refractivity contribution in [3.8, 4) is 0 Å². The van der Waals surface area contributed by atoms with Crippen LogP contribution in [0.25, 0.3) is 0 Å². The fraction of sp³-hybridized carbons (Fsp3) is 0.348. The number of hydrogen-bond donors (Lipinski definition) is 0. The monoisotopic (exact) mass is 426 g/mol. The summed E-state index contributed by atoms with van der Waals surface area (Å²) in [5.74, 6) is -1.45. The van der Waals surface area contributed by atoms with Gasteiger partial charge in [0.2, 0.25) is 0 Å². The molecule has 4 nitrogen and oxygen atoms in total. The molecule has 0 radical (unpaired) electrons. The van der Waals surface area contributed by atoms with Crippen LogP contribution in [-0.2, 0) is 18.8 Å². The summed E-state index contributed by atoms with van der Waals surface area (Å²) in [6.07, 6.45) is 0.427. The molecule has 3 rings (SSSR count). The lowest BCUT2D eigenvalue weighted by Gasteiger charge is -2.43. The van der Waals surface area contributed by atoms with Crippen LogP contribution in [0.2, 0.25) is 5.04 Å². The highest BCUT2D eigenvalue weighted by atomic mass is 32.1.